The van der Waals surface area contributed by atoms with Crippen LogP contribution in [0.3, 0.4) is 0 Å². The molecule has 0 aliphatic carbocycles. The highest BCUT2D eigenvalue weighted by molar-refractivity contribution is 14.1. The third-order valence-corrected chi connectivity index (χ3v) is 4.75. The van der Waals surface area contributed by atoms with Crippen LogP contribution in [0.25, 0.3) is 11.3 Å². The predicted octanol–water partition coefficient (Wildman–Crippen LogP) is 4.03. The van der Waals surface area contributed by atoms with Crippen molar-refractivity contribution in [1.82, 2.24) is 0 Å². The Bertz CT molecular complexity index is 638. The van der Waals surface area contributed by atoms with Gasteiger partial charge in [-0.05, 0) is 62.8 Å². The fourth-order valence-corrected chi connectivity index (χ4v) is 2.47. The Balaban J connectivity index is 2.67. The molecule has 0 atom stereocenters. The maximum Gasteiger partial charge on any atom is 0.294 e. The summed E-state index contributed by atoms with van der Waals surface area (Å²) in [5, 5.41) is 11.1. The van der Waals surface area contributed by atoms with Crippen LogP contribution in [-0.2, 0) is 0 Å². The summed E-state index contributed by atoms with van der Waals surface area (Å²) in [7, 11) is 0. The Morgan fingerprint density at radius 3 is 2.61 bits per heavy atom. The minimum Gasteiger partial charge on any atom is -0.453 e. The minimum absolute atomic E-state index is 0.0447. The first-order chi connectivity index (χ1) is 8.54. The van der Waals surface area contributed by atoms with Crippen LogP contribution in [0, 0.1) is 13.7 Å². The number of hydrogen-bond donors (Lipinski definition) is 0. The Morgan fingerprint density at radius 2 is 2.06 bits per heavy atom. The summed E-state index contributed by atoms with van der Waals surface area (Å²) in [6.45, 7) is 0. The second-order valence-corrected chi connectivity index (χ2v) is 5.27. The van der Waals surface area contributed by atoms with Gasteiger partial charge >= 0.3 is 0 Å². The number of carbonyl (C=O) groups is 1. The van der Waals surface area contributed by atoms with E-state index in [9.17, 15) is 14.9 Å². The SMILES string of the molecule is O=Cc1ccc(-c2ccc(Br)c(I)c2[N+](=O)[O-])o1. The lowest BCUT2D eigenvalue weighted by Crippen LogP contribution is -1.95. The van der Waals surface area contributed by atoms with E-state index < -0.39 is 4.92 Å². The van der Waals surface area contributed by atoms with Crippen molar-refractivity contribution in [2.24, 2.45) is 0 Å². The quantitative estimate of drug-likeness (QED) is 0.324. The lowest BCUT2D eigenvalue weighted by atomic mass is 10.1. The fraction of sp³-hybridized carbons (Fsp3) is 0. The maximum atomic E-state index is 11.1. The molecule has 0 amide bonds. The second-order valence-electron chi connectivity index (χ2n) is 3.33. The highest BCUT2D eigenvalue weighted by Crippen LogP contribution is 2.38. The van der Waals surface area contributed by atoms with E-state index in [1.165, 1.54) is 12.1 Å². The van der Waals surface area contributed by atoms with Crippen molar-refractivity contribution in [2.75, 3.05) is 0 Å². The molecule has 2 aromatic rings. The number of halogens is 2. The standard InChI is InChI=1S/C11H5BrINO4/c12-8-3-2-7(11(10(8)13)14(16)17)9-4-1-6(5-15)18-9/h1-5H. The van der Waals surface area contributed by atoms with Crippen molar-refractivity contribution in [3.05, 3.63) is 48.2 Å². The zero-order valence-electron chi connectivity index (χ0n) is 8.72. The Morgan fingerprint density at radius 1 is 1.33 bits per heavy atom. The molecular formula is C11H5BrINO4. The van der Waals surface area contributed by atoms with Crippen molar-refractivity contribution in [2.45, 2.75) is 0 Å². The average Bonchev–Trinajstić information content (AvgIpc) is 2.80. The van der Waals surface area contributed by atoms with Gasteiger partial charge in [-0.2, -0.15) is 0 Å². The zero-order chi connectivity index (χ0) is 13.3. The van der Waals surface area contributed by atoms with Crippen LogP contribution in [0.4, 0.5) is 5.69 Å². The van der Waals surface area contributed by atoms with E-state index in [0.717, 1.165) is 0 Å². The van der Waals surface area contributed by atoms with Gasteiger partial charge in [-0.1, -0.05) is 0 Å². The van der Waals surface area contributed by atoms with Crippen LogP contribution in [0.5, 0.6) is 0 Å². The molecule has 2 rings (SSSR count). The van der Waals surface area contributed by atoms with Gasteiger partial charge in [0.05, 0.1) is 10.5 Å². The highest BCUT2D eigenvalue weighted by atomic mass is 127. The van der Waals surface area contributed by atoms with Crippen molar-refractivity contribution >= 4 is 50.5 Å². The molecule has 1 aromatic heterocycles. The first kappa shape index (κ1) is 13.2. The smallest absolute Gasteiger partial charge is 0.294 e. The van der Waals surface area contributed by atoms with Crippen LogP contribution in [0.15, 0.2) is 33.2 Å². The first-order valence-electron chi connectivity index (χ1n) is 4.72. The second kappa shape index (κ2) is 5.19. The summed E-state index contributed by atoms with van der Waals surface area (Å²) in [6.07, 6.45) is 0.555. The summed E-state index contributed by atoms with van der Waals surface area (Å²) in [5.74, 6) is 0.437. The van der Waals surface area contributed by atoms with Crippen LogP contribution in [-0.4, -0.2) is 11.2 Å². The molecule has 1 heterocycles. The van der Waals surface area contributed by atoms with E-state index in [1.54, 1.807) is 12.1 Å². The third kappa shape index (κ3) is 2.32. The van der Waals surface area contributed by atoms with Crippen LogP contribution in [0.1, 0.15) is 10.6 Å². The van der Waals surface area contributed by atoms with Crippen molar-refractivity contribution in [3.8, 4) is 11.3 Å². The average molecular weight is 422 g/mol. The number of furan rings is 1. The third-order valence-electron chi connectivity index (χ3n) is 2.26. The number of aldehydes is 1. The van der Waals surface area contributed by atoms with Crippen LogP contribution in [0.2, 0.25) is 0 Å². The van der Waals surface area contributed by atoms with E-state index in [2.05, 4.69) is 15.9 Å². The molecule has 0 aliphatic rings. The Labute approximate surface area is 124 Å². The predicted molar refractivity (Wildman–Crippen MR) is 76.6 cm³/mol. The maximum absolute atomic E-state index is 11.1. The van der Waals surface area contributed by atoms with Gasteiger partial charge in [0.15, 0.2) is 12.0 Å². The Hall–Kier alpha value is -1.22. The molecule has 5 nitrogen and oxygen atoms in total. The number of nitrogens with zero attached hydrogens (tertiary/aromatic N) is 1. The van der Waals surface area contributed by atoms with Crippen LogP contribution < -0.4 is 0 Å². The normalized spacial score (nSPS) is 10.3. The van der Waals surface area contributed by atoms with Gasteiger partial charge in [0, 0.05) is 4.47 Å². The van der Waals surface area contributed by atoms with E-state index in [4.69, 9.17) is 4.42 Å². The molecule has 18 heavy (non-hydrogen) atoms. The van der Waals surface area contributed by atoms with Gasteiger partial charge in [0.25, 0.3) is 5.69 Å². The van der Waals surface area contributed by atoms with Gasteiger partial charge in [-0.15, -0.1) is 0 Å². The minimum atomic E-state index is -0.467. The molecule has 0 bridgehead atoms. The molecule has 0 aliphatic heterocycles. The number of rotatable bonds is 3. The summed E-state index contributed by atoms with van der Waals surface area (Å²) in [5.41, 5.74) is 0.303. The molecule has 0 N–H and O–H groups in total. The summed E-state index contributed by atoms with van der Waals surface area (Å²) in [4.78, 5) is 21.2. The molecule has 0 saturated heterocycles. The number of nitro benzene ring substituents is 1. The lowest BCUT2D eigenvalue weighted by Gasteiger charge is -2.03. The molecule has 0 saturated carbocycles. The van der Waals surface area contributed by atoms with E-state index >= 15 is 0 Å². The molecule has 92 valence electrons. The summed E-state index contributed by atoms with van der Waals surface area (Å²) < 4.78 is 6.34. The molecule has 7 heteroatoms. The van der Waals surface area contributed by atoms with Gasteiger partial charge in [0.1, 0.15) is 9.33 Å². The highest BCUT2D eigenvalue weighted by Gasteiger charge is 2.23. The molecule has 0 radical (unpaired) electrons. The number of nitro groups is 1. The number of benzene rings is 1. The zero-order valence-corrected chi connectivity index (χ0v) is 12.5. The van der Waals surface area contributed by atoms with Crippen molar-refractivity contribution in [1.29, 1.82) is 0 Å². The molecule has 0 unspecified atom stereocenters. The monoisotopic (exact) mass is 421 g/mol. The van der Waals surface area contributed by atoms with Gasteiger partial charge < -0.3 is 4.42 Å². The van der Waals surface area contributed by atoms with Crippen molar-refractivity contribution in [3.63, 3.8) is 0 Å². The Kier molecular flexibility index (Phi) is 3.81. The first-order valence-corrected chi connectivity index (χ1v) is 6.59. The summed E-state index contributed by atoms with van der Waals surface area (Å²) >= 11 is 5.13. The largest absolute Gasteiger partial charge is 0.453 e. The van der Waals surface area contributed by atoms with Gasteiger partial charge in [-0.3, -0.25) is 14.9 Å². The number of hydrogen-bond acceptors (Lipinski definition) is 4. The lowest BCUT2D eigenvalue weighted by molar-refractivity contribution is -0.385. The van der Waals surface area contributed by atoms with E-state index in [1.807, 2.05) is 22.6 Å². The molecule has 0 fully saturated rings. The fourth-order valence-electron chi connectivity index (χ4n) is 1.48. The van der Waals surface area contributed by atoms with Crippen molar-refractivity contribution < 1.29 is 14.1 Å². The molecular weight excluding hydrogens is 417 g/mol. The van der Waals surface area contributed by atoms with E-state index in [0.29, 0.717) is 25.7 Å². The number of carbonyl (C=O) groups excluding carboxylic acids is 1. The molecule has 1 aromatic carbocycles. The van der Waals surface area contributed by atoms with Gasteiger partial charge in [-0.25, -0.2) is 0 Å². The van der Waals surface area contributed by atoms with E-state index in [-0.39, 0.29) is 11.4 Å². The van der Waals surface area contributed by atoms with Crippen LogP contribution >= 0.6 is 38.5 Å². The van der Waals surface area contributed by atoms with Gasteiger partial charge in [0.2, 0.25) is 0 Å². The topological polar surface area (TPSA) is 73.3 Å². The molecule has 0 spiro atoms. The summed E-state index contributed by atoms with van der Waals surface area (Å²) in [6, 6.07) is 6.29.